The predicted molar refractivity (Wildman–Crippen MR) is 77.9 cm³/mol. The molecule has 106 valence electrons. The van der Waals surface area contributed by atoms with E-state index in [0.717, 1.165) is 17.0 Å². The van der Waals surface area contributed by atoms with Gasteiger partial charge in [-0.3, -0.25) is 0 Å². The lowest BCUT2D eigenvalue weighted by atomic mass is 10.2. The molecule has 1 aromatic heterocycles. The molecular formula is C15H19N3O2. The summed E-state index contributed by atoms with van der Waals surface area (Å²) in [5, 5.41) is 9.24. The maximum absolute atomic E-state index is 9.24. The number of aromatic nitrogens is 2. The number of aliphatic hydroxyl groups is 1. The van der Waals surface area contributed by atoms with Crippen LogP contribution in [0.5, 0.6) is 5.75 Å². The molecule has 1 aromatic carbocycles. The van der Waals surface area contributed by atoms with E-state index in [-0.39, 0.29) is 6.61 Å². The molecule has 0 amide bonds. The Kier molecular flexibility index (Phi) is 4.90. The zero-order chi connectivity index (χ0) is 14.4. The number of anilines is 1. The first-order valence-electron chi connectivity index (χ1n) is 6.52. The van der Waals surface area contributed by atoms with E-state index in [4.69, 9.17) is 4.74 Å². The van der Waals surface area contributed by atoms with Crippen molar-refractivity contribution in [3.8, 4) is 5.75 Å². The number of para-hydroxylation sites is 1. The second-order valence-electron chi connectivity index (χ2n) is 4.46. The summed E-state index contributed by atoms with van der Waals surface area (Å²) in [6.07, 6.45) is 1.73. The van der Waals surface area contributed by atoms with Crippen LogP contribution in [0.4, 0.5) is 5.95 Å². The molecule has 0 saturated heterocycles. The first kappa shape index (κ1) is 14.3. The first-order valence-corrected chi connectivity index (χ1v) is 6.52. The smallest absolute Gasteiger partial charge is 0.225 e. The van der Waals surface area contributed by atoms with E-state index in [2.05, 4.69) is 9.97 Å². The summed E-state index contributed by atoms with van der Waals surface area (Å²) in [4.78, 5) is 10.6. The van der Waals surface area contributed by atoms with Crippen molar-refractivity contribution in [2.24, 2.45) is 0 Å². The van der Waals surface area contributed by atoms with Gasteiger partial charge in [0.15, 0.2) is 0 Å². The van der Waals surface area contributed by atoms with Crippen LogP contribution in [-0.4, -0.2) is 35.3 Å². The van der Waals surface area contributed by atoms with Crippen molar-refractivity contribution in [3.05, 3.63) is 47.8 Å². The van der Waals surface area contributed by atoms with Gasteiger partial charge in [0.1, 0.15) is 5.75 Å². The quantitative estimate of drug-likeness (QED) is 0.869. The van der Waals surface area contributed by atoms with Gasteiger partial charge in [-0.2, -0.15) is 0 Å². The Hall–Kier alpha value is -2.14. The van der Waals surface area contributed by atoms with Crippen LogP contribution in [-0.2, 0) is 6.54 Å². The van der Waals surface area contributed by atoms with E-state index < -0.39 is 0 Å². The van der Waals surface area contributed by atoms with E-state index in [9.17, 15) is 5.11 Å². The monoisotopic (exact) mass is 273 g/mol. The van der Waals surface area contributed by atoms with Gasteiger partial charge >= 0.3 is 0 Å². The van der Waals surface area contributed by atoms with Gasteiger partial charge in [0, 0.05) is 30.5 Å². The Labute approximate surface area is 118 Å². The maximum atomic E-state index is 9.24. The number of nitrogens with zero attached hydrogens (tertiary/aromatic N) is 3. The minimum absolute atomic E-state index is 0.0481. The van der Waals surface area contributed by atoms with Crippen LogP contribution >= 0.6 is 0 Å². The number of aryl methyl sites for hydroxylation is 1. The molecular weight excluding hydrogens is 254 g/mol. The van der Waals surface area contributed by atoms with Gasteiger partial charge in [0.25, 0.3) is 0 Å². The van der Waals surface area contributed by atoms with Crippen LogP contribution in [0.15, 0.2) is 36.5 Å². The Morgan fingerprint density at radius 3 is 2.75 bits per heavy atom. The second-order valence-corrected chi connectivity index (χ2v) is 4.46. The van der Waals surface area contributed by atoms with Crippen LogP contribution in [0.2, 0.25) is 0 Å². The zero-order valence-electron chi connectivity index (χ0n) is 11.8. The molecule has 1 N–H and O–H groups in total. The Morgan fingerprint density at radius 1 is 1.25 bits per heavy atom. The summed E-state index contributed by atoms with van der Waals surface area (Å²) in [6, 6.07) is 9.67. The molecule has 0 spiro atoms. The molecule has 0 fully saturated rings. The van der Waals surface area contributed by atoms with E-state index in [0.29, 0.717) is 19.0 Å². The molecule has 0 radical (unpaired) electrons. The molecule has 2 rings (SSSR count). The summed E-state index contributed by atoms with van der Waals surface area (Å²) in [5.74, 6) is 1.44. The summed E-state index contributed by atoms with van der Waals surface area (Å²) in [6.45, 7) is 3.04. The molecule has 0 aliphatic heterocycles. The van der Waals surface area contributed by atoms with Crippen molar-refractivity contribution < 1.29 is 9.84 Å². The highest BCUT2D eigenvalue weighted by atomic mass is 16.5. The third-order valence-corrected chi connectivity index (χ3v) is 2.99. The van der Waals surface area contributed by atoms with E-state index in [1.165, 1.54) is 0 Å². The Morgan fingerprint density at radius 2 is 2.05 bits per heavy atom. The summed E-state index contributed by atoms with van der Waals surface area (Å²) < 4.78 is 5.35. The number of aliphatic hydroxyl groups excluding tert-OH is 1. The molecule has 0 aliphatic carbocycles. The van der Waals surface area contributed by atoms with Crippen molar-refractivity contribution in [2.45, 2.75) is 13.5 Å². The van der Waals surface area contributed by atoms with Crippen LogP contribution in [0.3, 0.4) is 0 Å². The maximum Gasteiger partial charge on any atom is 0.225 e. The molecule has 0 unspecified atom stereocenters. The minimum Gasteiger partial charge on any atom is -0.496 e. The van der Waals surface area contributed by atoms with Gasteiger partial charge in [-0.15, -0.1) is 0 Å². The van der Waals surface area contributed by atoms with Crippen LogP contribution in [0, 0.1) is 6.92 Å². The lowest BCUT2D eigenvalue weighted by molar-refractivity contribution is 0.300. The first-order chi connectivity index (χ1) is 9.74. The summed E-state index contributed by atoms with van der Waals surface area (Å²) in [7, 11) is 1.65. The van der Waals surface area contributed by atoms with Crippen molar-refractivity contribution in [2.75, 3.05) is 25.2 Å². The summed E-state index contributed by atoms with van der Waals surface area (Å²) >= 11 is 0. The molecule has 20 heavy (non-hydrogen) atoms. The number of methoxy groups -OCH3 is 1. The average molecular weight is 273 g/mol. The molecule has 0 aliphatic rings. The fraction of sp³-hybridized carbons (Fsp3) is 0.333. The normalized spacial score (nSPS) is 10.3. The van der Waals surface area contributed by atoms with Crippen LogP contribution in [0.25, 0.3) is 0 Å². The van der Waals surface area contributed by atoms with Gasteiger partial charge in [-0.1, -0.05) is 18.2 Å². The molecule has 5 heteroatoms. The van der Waals surface area contributed by atoms with Gasteiger partial charge < -0.3 is 14.7 Å². The van der Waals surface area contributed by atoms with Gasteiger partial charge in [-0.25, -0.2) is 9.97 Å². The molecule has 5 nitrogen and oxygen atoms in total. The third-order valence-electron chi connectivity index (χ3n) is 2.99. The zero-order valence-corrected chi connectivity index (χ0v) is 11.8. The van der Waals surface area contributed by atoms with E-state index >= 15 is 0 Å². The lowest BCUT2D eigenvalue weighted by Crippen LogP contribution is -2.28. The average Bonchev–Trinajstić information content (AvgIpc) is 2.47. The second kappa shape index (κ2) is 6.86. The largest absolute Gasteiger partial charge is 0.496 e. The fourth-order valence-electron chi connectivity index (χ4n) is 2.00. The highest BCUT2D eigenvalue weighted by molar-refractivity contribution is 5.39. The van der Waals surface area contributed by atoms with E-state index in [1.807, 2.05) is 42.2 Å². The number of hydrogen-bond donors (Lipinski definition) is 1. The number of benzene rings is 1. The van der Waals surface area contributed by atoms with Crippen molar-refractivity contribution >= 4 is 5.95 Å². The highest BCUT2D eigenvalue weighted by Crippen LogP contribution is 2.21. The molecule has 0 bridgehead atoms. The molecule has 0 saturated carbocycles. The van der Waals surface area contributed by atoms with Crippen molar-refractivity contribution in [1.82, 2.24) is 9.97 Å². The Balaban J connectivity index is 2.25. The Bertz CT molecular complexity index is 560. The fourth-order valence-corrected chi connectivity index (χ4v) is 2.00. The lowest BCUT2D eigenvalue weighted by Gasteiger charge is -2.22. The van der Waals surface area contributed by atoms with Gasteiger partial charge in [-0.05, 0) is 19.1 Å². The topological polar surface area (TPSA) is 58.5 Å². The molecule has 2 aromatic rings. The SMILES string of the molecule is COc1ccccc1CN(CCO)c1nccc(C)n1. The highest BCUT2D eigenvalue weighted by Gasteiger charge is 2.12. The van der Waals surface area contributed by atoms with Crippen molar-refractivity contribution in [3.63, 3.8) is 0 Å². The molecule has 0 atom stereocenters. The van der Waals surface area contributed by atoms with Gasteiger partial charge in [0.05, 0.1) is 13.7 Å². The van der Waals surface area contributed by atoms with Crippen LogP contribution < -0.4 is 9.64 Å². The standard InChI is InChI=1S/C15H19N3O2/c1-12-7-8-16-15(17-12)18(9-10-19)11-13-5-3-4-6-14(13)20-2/h3-8,19H,9-11H2,1-2H3. The number of ether oxygens (including phenoxy) is 1. The van der Waals surface area contributed by atoms with E-state index in [1.54, 1.807) is 13.3 Å². The van der Waals surface area contributed by atoms with Gasteiger partial charge in [0.2, 0.25) is 5.95 Å². The number of rotatable bonds is 6. The summed E-state index contributed by atoms with van der Waals surface area (Å²) in [5.41, 5.74) is 1.94. The third kappa shape index (κ3) is 3.45. The van der Waals surface area contributed by atoms with Crippen molar-refractivity contribution in [1.29, 1.82) is 0 Å². The predicted octanol–water partition coefficient (Wildman–Crippen LogP) is 1.79. The minimum atomic E-state index is 0.0481. The van der Waals surface area contributed by atoms with Crippen LogP contribution in [0.1, 0.15) is 11.3 Å². The molecule has 1 heterocycles. The number of hydrogen-bond acceptors (Lipinski definition) is 5.